The summed E-state index contributed by atoms with van der Waals surface area (Å²) in [6.07, 6.45) is 2.27. The summed E-state index contributed by atoms with van der Waals surface area (Å²) in [5.41, 5.74) is 10.8. The van der Waals surface area contributed by atoms with Gasteiger partial charge in [-0.05, 0) is 19.8 Å². The van der Waals surface area contributed by atoms with Crippen LogP contribution in [0.15, 0.2) is 4.42 Å². The summed E-state index contributed by atoms with van der Waals surface area (Å²) >= 11 is 0. The molecule has 1 saturated heterocycles. The van der Waals surface area contributed by atoms with Gasteiger partial charge in [0.2, 0.25) is 11.8 Å². The van der Waals surface area contributed by atoms with Crippen molar-refractivity contribution in [3.8, 4) is 0 Å². The Morgan fingerprint density at radius 1 is 1.50 bits per heavy atom. The number of piperidine rings is 1. The van der Waals surface area contributed by atoms with E-state index < -0.39 is 0 Å². The van der Waals surface area contributed by atoms with Crippen LogP contribution in [0.1, 0.15) is 25.7 Å². The summed E-state index contributed by atoms with van der Waals surface area (Å²) in [5, 5.41) is 7.94. The fourth-order valence-electron chi connectivity index (χ4n) is 2.19. The minimum Gasteiger partial charge on any atom is -0.408 e. The van der Waals surface area contributed by atoms with Gasteiger partial charge in [0.15, 0.2) is 0 Å². The van der Waals surface area contributed by atoms with Gasteiger partial charge in [0.1, 0.15) is 0 Å². The van der Waals surface area contributed by atoms with E-state index >= 15 is 0 Å². The van der Waals surface area contributed by atoms with Crippen molar-refractivity contribution in [2.75, 3.05) is 18.0 Å². The van der Waals surface area contributed by atoms with Gasteiger partial charge in [-0.25, -0.2) is 0 Å². The fourth-order valence-corrected chi connectivity index (χ4v) is 2.19. The van der Waals surface area contributed by atoms with Crippen molar-refractivity contribution >= 4 is 11.9 Å². The Bertz CT molecular complexity index is 419. The molecule has 1 aromatic heterocycles. The third-order valence-electron chi connectivity index (χ3n) is 3.34. The predicted molar refractivity (Wildman–Crippen MR) is 65.8 cm³/mol. The quantitative estimate of drug-likeness (QED) is 0.759. The van der Waals surface area contributed by atoms with Crippen LogP contribution in [0.25, 0.3) is 0 Å². The molecule has 0 radical (unpaired) electrons. The van der Waals surface area contributed by atoms with Crippen LogP contribution in [0.4, 0.5) is 6.01 Å². The number of nitrogens with zero attached hydrogens (tertiary/aromatic N) is 3. The van der Waals surface area contributed by atoms with Gasteiger partial charge in [0.05, 0.1) is 5.92 Å². The standard InChI is InChI=1S/C11H19N5O2/c1-7-2-3-8(10(13)17)6-16(7)11-15-14-9(18-11)4-5-12/h7-8H,2-6,12H2,1H3,(H2,13,17). The molecule has 0 saturated carbocycles. The molecule has 0 spiro atoms. The highest BCUT2D eigenvalue weighted by Gasteiger charge is 2.31. The van der Waals surface area contributed by atoms with E-state index in [4.69, 9.17) is 15.9 Å². The second kappa shape index (κ2) is 5.34. The van der Waals surface area contributed by atoms with Crippen LogP contribution < -0.4 is 16.4 Å². The van der Waals surface area contributed by atoms with Gasteiger partial charge in [0, 0.05) is 25.6 Å². The number of carbonyl (C=O) groups excluding carboxylic acids is 1. The first-order valence-corrected chi connectivity index (χ1v) is 6.20. The molecule has 2 rings (SSSR count). The average Bonchev–Trinajstić information content (AvgIpc) is 2.78. The van der Waals surface area contributed by atoms with Crippen LogP contribution in [-0.2, 0) is 11.2 Å². The Morgan fingerprint density at radius 3 is 2.94 bits per heavy atom. The molecule has 100 valence electrons. The maximum Gasteiger partial charge on any atom is 0.318 e. The van der Waals surface area contributed by atoms with Crippen LogP contribution in [0.5, 0.6) is 0 Å². The highest BCUT2D eigenvalue weighted by molar-refractivity contribution is 5.77. The predicted octanol–water partition coefficient (Wildman–Crippen LogP) is -0.339. The van der Waals surface area contributed by atoms with E-state index in [0.717, 1.165) is 12.8 Å². The van der Waals surface area contributed by atoms with Gasteiger partial charge in [-0.2, -0.15) is 0 Å². The molecule has 4 N–H and O–H groups in total. The third-order valence-corrected chi connectivity index (χ3v) is 3.34. The second-order valence-electron chi connectivity index (χ2n) is 4.70. The van der Waals surface area contributed by atoms with Crippen molar-refractivity contribution in [3.05, 3.63) is 5.89 Å². The number of primary amides is 1. The first kappa shape index (κ1) is 12.8. The lowest BCUT2D eigenvalue weighted by molar-refractivity contribution is -0.122. The minimum atomic E-state index is -0.270. The first-order chi connectivity index (χ1) is 8.61. The van der Waals surface area contributed by atoms with Gasteiger partial charge in [-0.15, -0.1) is 5.10 Å². The van der Waals surface area contributed by atoms with Crippen LogP contribution in [-0.4, -0.2) is 35.2 Å². The lowest BCUT2D eigenvalue weighted by Gasteiger charge is -2.35. The number of carbonyl (C=O) groups is 1. The van der Waals surface area contributed by atoms with E-state index in [0.29, 0.717) is 31.4 Å². The maximum atomic E-state index is 11.3. The summed E-state index contributed by atoms with van der Waals surface area (Å²) in [6.45, 7) is 3.09. The van der Waals surface area contributed by atoms with E-state index in [9.17, 15) is 4.79 Å². The number of anilines is 1. The lowest BCUT2D eigenvalue weighted by atomic mass is 9.93. The van der Waals surface area contributed by atoms with Gasteiger partial charge in [0.25, 0.3) is 0 Å². The summed E-state index contributed by atoms with van der Waals surface area (Å²) in [4.78, 5) is 13.2. The molecule has 1 aliphatic rings. The number of aromatic nitrogens is 2. The Balaban J connectivity index is 2.11. The molecule has 0 aromatic carbocycles. The SMILES string of the molecule is CC1CCC(C(N)=O)CN1c1nnc(CCN)o1. The molecule has 2 unspecified atom stereocenters. The third kappa shape index (κ3) is 2.61. The largest absolute Gasteiger partial charge is 0.408 e. The van der Waals surface area contributed by atoms with Gasteiger partial charge < -0.3 is 20.8 Å². The molecule has 2 atom stereocenters. The van der Waals surface area contributed by atoms with Gasteiger partial charge in [-0.1, -0.05) is 5.10 Å². The van der Waals surface area contributed by atoms with Crippen molar-refractivity contribution in [2.45, 2.75) is 32.2 Å². The summed E-state index contributed by atoms with van der Waals surface area (Å²) < 4.78 is 5.53. The number of hydrogen-bond acceptors (Lipinski definition) is 6. The van der Waals surface area contributed by atoms with E-state index in [1.165, 1.54) is 0 Å². The molecule has 7 heteroatoms. The van der Waals surface area contributed by atoms with Crippen LogP contribution in [0, 0.1) is 5.92 Å². The Morgan fingerprint density at radius 2 is 2.28 bits per heavy atom. The molecule has 18 heavy (non-hydrogen) atoms. The second-order valence-corrected chi connectivity index (χ2v) is 4.70. The molecule has 7 nitrogen and oxygen atoms in total. The summed E-state index contributed by atoms with van der Waals surface area (Å²) in [5.74, 6) is 0.112. The Kier molecular flexibility index (Phi) is 3.81. The van der Waals surface area contributed by atoms with E-state index in [2.05, 4.69) is 17.1 Å². The van der Waals surface area contributed by atoms with Crippen molar-refractivity contribution in [3.63, 3.8) is 0 Å². The topological polar surface area (TPSA) is 111 Å². The Hall–Kier alpha value is -1.63. The fraction of sp³-hybridized carbons (Fsp3) is 0.727. The van der Waals surface area contributed by atoms with Crippen LogP contribution >= 0.6 is 0 Å². The zero-order valence-corrected chi connectivity index (χ0v) is 10.5. The number of amides is 1. The van der Waals surface area contributed by atoms with Gasteiger partial charge >= 0.3 is 6.01 Å². The number of nitrogens with two attached hydrogens (primary N) is 2. The molecule has 1 amide bonds. The van der Waals surface area contributed by atoms with Crippen LogP contribution in [0.3, 0.4) is 0 Å². The molecule has 0 aliphatic carbocycles. The van der Waals surface area contributed by atoms with E-state index in [1.807, 2.05) is 4.90 Å². The highest BCUT2D eigenvalue weighted by atomic mass is 16.4. The molecule has 0 bridgehead atoms. The highest BCUT2D eigenvalue weighted by Crippen LogP contribution is 2.26. The van der Waals surface area contributed by atoms with Crippen molar-refractivity contribution < 1.29 is 9.21 Å². The Labute approximate surface area is 106 Å². The van der Waals surface area contributed by atoms with Crippen molar-refractivity contribution in [1.29, 1.82) is 0 Å². The number of hydrogen-bond donors (Lipinski definition) is 2. The minimum absolute atomic E-state index is 0.147. The molecular weight excluding hydrogens is 234 g/mol. The normalized spacial score (nSPS) is 24.2. The summed E-state index contributed by atoms with van der Waals surface area (Å²) in [7, 11) is 0. The molecule has 1 aliphatic heterocycles. The molecule has 2 heterocycles. The zero-order valence-electron chi connectivity index (χ0n) is 10.5. The monoisotopic (exact) mass is 253 g/mol. The molecule has 1 fully saturated rings. The van der Waals surface area contributed by atoms with Crippen LogP contribution in [0.2, 0.25) is 0 Å². The van der Waals surface area contributed by atoms with Crippen molar-refractivity contribution in [1.82, 2.24) is 10.2 Å². The lowest BCUT2D eigenvalue weighted by Crippen LogP contribution is -2.46. The zero-order chi connectivity index (χ0) is 13.1. The summed E-state index contributed by atoms with van der Waals surface area (Å²) in [6, 6.07) is 0.726. The smallest absolute Gasteiger partial charge is 0.318 e. The number of rotatable bonds is 4. The first-order valence-electron chi connectivity index (χ1n) is 6.20. The van der Waals surface area contributed by atoms with E-state index in [1.54, 1.807) is 0 Å². The van der Waals surface area contributed by atoms with Gasteiger partial charge in [-0.3, -0.25) is 4.79 Å². The maximum absolute atomic E-state index is 11.3. The average molecular weight is 253 g/mol. The van der Waals surface area contributed by atoms with E-state index in [-0.39, 0.29) is 17.9 Å². The molecule has 1 aromatic rings. The molecular formula is C11H19N5O2. The van der Waals surface area contributed by atoms with Crippen molar-refractivity contribution in [2.24, 2.45) is 17.4 Å².